The van der Waals surface area contributed by atoms with E-state index in [2.05, 4.69) is 40.8 Å². The Morgan fingerprint density at radius 3 is 2.47 bits per heavy atom. The van der Waals surface area contributed by atoms with E-state index in [1.807, 2.05) is 19.3 Å². The van der Waals surface area contributed by atoms with Crippen LogP contribution in [0, 0.1) is 5.92 Å². The van der Waals surface area contributed by atoms with Crippen LogP contribution in [0.4, 0.5) is 5.95 Å². The maximum atomic E-state index is 5.78. The summed E-state index contributed by atoms with van der Waals surface area (Å²) < 4.78 is 0. The number of nitrogens with zero attached hydrogens (tertiary/aromatic N) is 4. The monoisotopic (exact) mass is 263 g/mol. The highest BCUT2D eigenvalue weighted by Gasteiger charge is 2.32. The van der Waals surface area contributed by atoms with Crippen molar-refractivity contribution in [3.63, 3.8) is 0 Å². The van der Waals surface area contributed by atoms with Gasteiger partial charge in [0.1, 0.15) is 0 Å². The van der Waals surface area contributed by atoms with Crippen LogP contribution in [0.2, 0.25) is 0 Å². The van der Waals surface area contributed by atoms with E-state index in [0.29, 0.717) is 12.0 Å². The van der Waals surface area contributed by atoms with Crippen LogP contribution in [0.5, 0.6) is 0 Å². The molecule has 1 aliphatic rings. The average molecular weight is 263 g/mol. The largest absolute Gasteiger partial charge is 0.339 e. The van der Waals surface area contributed by atoms with Crippen LogP contribution in [0.25, 0.3) is 0 Å². The van der Waals surface area contributed by atoms with Crippen LogP contribution < -0.4 is 10.6 Å². The summed E-state index contributed by atoms with van der Waals surface area (Å²) in [7, 11) is 4.27. The molecule has 1 fully saturated rings. The average Bonchev–Trinajstić information content (AvgIpc) is 2.71. The maximum Gasteiger partial charge on any atom is 0.225 e. The van der Waals surface area contributed by atoms with Crippen LogP contribution in [0.15, 0.2) is 12.4 Å². The SMILES string of the molecule is CC(N)Cc1cnc(N2CC(C)C(N(C)C)C2)nc1. The van der Waals surface area contributed by atoms with E-state index in [-0.39, 0.29) is 6.04 Å². The van der Waals surface area contributed by atoms with Crippen molar-refractivity contribution in [1.82, 2.24) is 14.9 Å². The lowest BCUT2D eigenvalue weighted by molar-refractivity contribution is 0.266. The van der Waals surface area contributed by atoms with E-state index in [1.165, 1.54) is 0 Å². The number of nitrogens with two attached hydrogens (primary N) is 1. The lowest BCUT2D eigenvalue weighted by atomic mass is 10.1. The minimum Gasteiger partial charge on any atom is -0.339 e. The zero-order valence-corrected chi connectivity index (χ0v) is 12.4. The van der Waals surface area contributed by atoms with Crippen molar-refractivity contribution in [2.45, 2.75) is 32.4 Å². The summed E-state index contributed by atoms with van der Waals surface area (Å²) in [6, 6.07) is 0.728. The molecule has 3 unspecified atom stereocenters. The summed E-state index contributed by atoms with van der Waals surface area (Å²) in [6.45, 7) is 6.31. The second-order valence-electron chi connectivity index (χ2n) is 5.99. The summed E-state index contributed by atoms with van der Waals surface area (Å²) in [6.07, 6.45) is 4.63. The van der Waals surface area contributed by atoms with Gasteiger partial charge in [-0.3, -0.25) is 0 Å². The molecule has 0 aliphatic carbocycles. The number of likely N-dealkylation sites (N-methyl/N-ethyl adjacent to an activating group) is 1. The Bertz CT molecular complexity index is 401. The molecule has 106 valence electrons. The highest BCUT2D eigenvalue weighted by molar-refractivity contribution is 5.33. The van der Waals surface area contributed by atoms with Gasteiger partial charge in [0, 0.05) is 37.6 Å². The van der Waals surface area contributed by atoms with Crippen molar-refractivity contribution in [2.24, 2.45) is 11.7 Å². The first-order valence-electron chi connectivity index (χ1n) is 6.95. The minimum atomic E-state index is 0.152. The van der Waals surface area contributed by atoms with Crippen LogP contribution in [-0.4, -0.2) is 54.1 Å². The van der Waals surface area contributed by atoms with Gasteiger partial charge in [0.15, 0.2) is 0 Å². The van der Waals surface area contributed by atoms with Gasteiger partial charge in [0.2, 0.25) is 5.95 Å². The van der Waals surface area contributed by atoms with Crippen LogP contribution in [-0.2, 0) is 6.42 Å². The maximum absolute atomic E-state index is 5.78. The smallest absolute Gasteiger partial charge is 0.225 e. The first-order chi connectivity index (χ1) is 8.97. The molecule has 2 rings (SSSR count). The molecule has 2 heterocycles. The summed E-state index contributed by atoms with van der Waals surface area (Å²) in [5.41, 5.74) is 6.89. The fourth-order valence-corrected chi connectivity index (χ4v) is 2.77. The molecule has 0 radical (unpaired) electrons. The molecule has 0 aromatic carbocycles. The van der Waals surface area contributed by atoms with E-state index in [1.54, 1.807) is 0 Å². The van der Waals surface area contributed by atoms with E-state index >= 15 is 0 Å². The Hall–Kier alpha value is -1.20. The van der Waals surface area contributed by atoms with Crippen LogP contribution in [0.3, 0.4) is 0 Å². The third-order valence-electron chi connectivity index (χ3n) is 3.77. The number of hydrogen-bond donors (Lipinski definition) is 1. The van der Waals surface area contributed by atoms with E-state index in [0.717, 1.165) is 31.0 Å². The molecule has 0 spiro atoms. The molecule has 2 N–H and O–H groups in total. The van der Waals surface area contributed by atoms with Gasteiger partial charge in [-0.15, -0.1) is 0 Å². The Morgan fingerprint density at radius 2 is 2.00 bits per heavy atom. The Kier molecular flexibility index (Phi) is 4.37. The molecule has 0 bridgehead atoms. The zero-order chi connectivity index (χ0) is 14.0. The van der Waals surface area contributed by atoms with Crippen molar-refractivity contribution < 1.29 is 0 Å². The minimum absolute atomic E-state index is 0.152. The van der Waals surface area contributed by atoms with E-state index in [9.17, 15) is 0 Å². The molecule has 1 aliphatic heterocycles. The van der Waals surface area contributed by atoms with Crippen LogP contribution in [0.1, 0.15) is 19.4 Å². The Morgan fingerprint density at radius 1 is 1.37 bits per heavy atom. The molecule has 5 nitrogen and oxygen atoms in total. The predicted molar refractivity (Wildman–Crippen MR) is 78.2 cm³/mol. The number of anilines is 1. The summed E-state index contributed by atoms with van der Waals surface area (Å²) in [5, 5.41) is 0. The first kappa shape index (κ1) is 14.2. The lowest BCUT2D eigenvalue weighted by Gasteiger charge is -2.22. The lowest BCUT2D eigenvalue weighted by Crippen LogP contribution is -2.34. The van der Waals surface area contributed by atoms with Crippen molar-refractivity contribution in [2.75, 3.05) is 32.1 Å². The van der Waals surface area contributed by atoms with Gasteiger partial charge in [-0.2, -0.15) is 0 Å². The fourth-order valence-electron chi connectivity index (χ4n) is 2.77. The van der Waals surface area contributed by atoms with Crippen molar-refractivity contribution >= 4 is 5.95 Å². The van der Waals surface area contributed by atoms with Crippen molar-refractivity contribution in [3.8, 4) is 0 Å². The third kappa shape index (κ3) is 3.42. The fraction of sp³-hybridized carbons (Fsp3) is 0.714. The van der Waals surface area contributed by atoms with Gasteiger partial charge in [-0.25, -0.2) is 9.97 Å². The molecular weight excluding hydrogens is 238 g/mol. The topological polar surface area (TPSA) is 58.3 Å². The number of aromatic nitrogens is 2. The van der Waals surface area contributed by atoms with Gasteiger partial charge < -0.3 is 15.5 Å². The van der Waals surface area contributed by atoms with E-state index < -0.39 is 0 Å². The molecule has 0 amide bonds. The Labute approximate surface area is 115 Å². The molecule has 1 aromatic heterocycles. The molecular formula is C14H25N5. The van der Waals surface area contributed by atoms with Gasteiger partial charge >= 0.3 is 0 Å². The molecule has 0 saturated carbocycles. The predicted octanol–water partition coefficient (Wildman–Crippen LogP) is 0.753. The second-order valence-corrected chi connectivity index (χ2v) is 5.99. The normalized spacial score (nSPS) is 25.1. The summed E-state index contributed by atoms with van der Waals surface area (Å²) >= 11 is 0. The zero-order valence-electron chi connectivity index (χ0n) is 12.4. The summed E-state index contributed by atoms with van der Waals surface area (Å²) in [5.74, 6) is 1.48. The number of hydrogen-bond acceptors (Lipinski definition) is 5. The molecule has 1 saturated heterocycles. The first-order valence-corrected chi connectivity index (χ1v) is 6.95. The second kappa shape index (κ2) is 5.84. The molecule has 5 heteroatoms. The standard InChI is InChI=1S/C14H25N5/c1-10-8-19(9-13(10)18(3)4)14-16-6-12(7-17-14)5-11(2)15/h6-7,10-11,13H,5,8-9,15H2,1-4H3. The Balaban J connectivity index is 2.03. The van der Waals surface area contributed by atoms with Gasteiger partial charge in [-0.05, 0) is 38.9 Å². The third-order valence-corrected chi connectivity index (χ3v) is 3.77. The molecule has 1 aromatic rings. The van der Waals surface area contributed by atoms with Crippen molar-refractivity contribution in [3.05, 3.63) is 18.0 Å². The van der Waals surface area contributed by atoms with E-state index in [4.69, 9.17) is 5.73 Å². The van der Waals surface area contributed by atoms with Crippen LogP contribution >= 0.6 is 0 Å². The number of rotatable bonds is 4. The van der Waals surface area contributed by atoms with Gasteiger partial charge in [-0.1, -0.05) is 6.92 Å². The molecule has 3 atom stereocenters. The van der Waals surface area contributed by atoms with Gasteiger partial charge in [0.25, 0.3) is 0 Å². The highest BCUT2D eigenvalue weighted by atomic mass is 15.3. The highest BCUT2D eigenvalue weighted by Crippen LogP contribution is 2.23. The van der Waals surface area contributed by atoms with Gasteiger partial charge in [0.05, 0.1) is 0 Å². The van der Waals surface area contributed by atoms with Crippen molar-refractivity contribution in [1.29, 1.82) is 0 Å². The quantitative estimate of drug-likeness (QED) is 0.869. The summed E-state index contributed by atoms with van der Waals surface area (Å²) in [4.78, 5) is 13.5. The molecule has 19 heavy (non-hydrogen) atoms.